The lowest BCUT2D eigenvalue weighted by molar-refractivity contribution is -0.145. The number of hydrogen-bond acceptors (Lipinski definition) is 10. The van der Waals surface area contributed by atoms with Gasteiger partial charge in [-0.15, -0.1) is 0 Å². The van der Waals surface area contributed by atoms with E-state index in [1.54, 1.807) is 25.7 Å². The molecule has 4 N–H and O–H groups in total. The van der Waals surface area contributed by atoms with Crippen LogP contribution in [0.4, 0.5) is 14.7 Å². The molecule has 2 fully saturated rings. The number of alkyl carbamates (subject to hydrolysis) is 1. The normalized spacial score (nSPS) is 28.4. The zero-order valence-corrected chi connectivity index (χ0v) is 30.1. The molecule has 270 valence electrons. The summed E-state index contributed by atoms with van der Waals surface area (Å²) in [6, 6.07) is -2.11. The van der Waals surface area contributed by atoms with E-state index in [0.29, 0.717) is 32.4 Å². The lowest BCUT2D eigenvalue weighted by Crippen LogP contribution is -2.56. The Morgan fingerprint density at radius 3 is 2.57 bits per heavy atom. The molecule has 0 radical (unpaired) electrons. The van der Waals surface area contributed by atoms with E-state index in [0.717, 1.165) is 35.0 Å². The van der Waals surface area contributed by atoms with Crippen LogP contribution in [-0.4, -0.2) is 97.8 Å². The van der Waals surface area contributed by atoms with Crippen molar-refractivity contribution in [2.45, 2.75) is 134 Å². The molecule has 1 aliphatic carbocycles. The predicted molar refractivity (Wildman–Crippen MR) is 182 cm³/mol. The minimum Gasteiger partial charge on any atom is -0.479 e. The smallest absolute Gasteiger partial charge is 0.410 e. The second-order valence-corrected chi connectivity index (χ2v) is 16.6. The molecule has 49 heavy (non-hydrogen) atoms. The van der Waals surface area contributed by atoms with Gasteiger partial charge >= 0.3 is 18.2 Å². The number of aliphatic carboxylic acids is 1. The van der Waals surface area contributed by atoms with Crippen LogP contribution in [0.3, 0.4) is 0 Å². The topological polar surface area (TPSA) is 179 Å². The van der Waals surface area contributed by atoms with Crippen molar-refractivity contribution in [2.24, 2.45) is 5.92 Å². The molecular weight excluding hydrogens is 652 g/mol. The lowest BCUT2D eigenvalue weighted by Gasteiger charge is -2.30. The lowest BCUT2D eigenvalue weighted by atomic mass is 10.0. The SMILES string of the molecule is CC(C)(C)Nc1nc2c(s1)CN(C(=O)O[C@@H]1C[C@H]3C(=O)N[C@]4(C(=O)O)C[C@H]4/C=C\CCCCC[C@H](NC(=O)OC(C)(C)C)C(=O)N3C1)CC2. The predicted octanol–water partition coefficient (Wildman–Crippen LogP) is 4.19. The van der Waals surface area contributed by atoms with Gasteiger partial charge in [-0.1, -0.05) is 36.3 Å². The van der Waals surface area contributed by atoms with Crippen molar-refractivity contribution in [1.82, 2.24) is 25.4 Å². The summed E-state index contributed by atoms with van der Waals surface area (Å²) in [4.78, 5) is 75.2. The van der Waals surface area contributed by atoms with Gasteiger partial charge in [-0.05, 0) is 67.2 Å². The van der Waals surface area contributed by atoms with E-state index < -0.39 is 59.3 Å². The number of ether oxygens (including phenoxy) is 2. The van der Waals surface area contributed by atoms with Gasteiger partial charge in [0, 0.05) is 35.7 Å². The van der Waals surface area contributed by atoms with Crippen LogP contribution in [0.1, 0.15) is 97.1 Å². The Morgan fingerprint density at radius 1 is 1.12 bits per heavy atom. The fraction of sp³-hybridized carbons (Fsp3) is 0.706. The van der Waals surface area contributed by atoms with Gasteiger partial charge in [0.2, 0.25) is 11.8 Å². The van der Waals surface area contributed by atoms with Gasteiger partial charge < -0.3 is 40.3 Å². The fourth-order valence-corrected chi connectivity index (χ4v) is 7.77. The third-order valence-electron chi connectivity index (χ3n) is 9.05. The summed E-state index contributed by atoms with van der Waals surface area (Å²) in [6.07, 6.45) is 5.72. The molecule has 15 heteroatoms. The van der Waals surface area contributed by atoms with Gasteiger partial charge in [-0.2, -0.15) is 0 Å². The van der Waals surface area contributed by atoms with Gasteiger partial charge in [0.05, 0.1) is 18.8 Å². The number of carbonyl (C=O) groups excluding carboxylic acids is 4. The molecule has 1 aromatic rings. The molecule has 0 aromatic carbocycles. The number of carboxylic acids is 1. The summed E-state index contributed by atoms with van der Waals surface area (Å²) in [5, 5.41) is 19.7. The zero-order chi connectivity index (χ0) is 35.7. The number of nitrogens with one attached hydrogen (secondary N) is 3. The Balaban J connectivity index is 1.34. The van der Waals surface area contributed by atoms with Crippen LogP contribution in [0.2, 0.25) is 0 Å². The average molecular weight is 703 g/mol. The van der Waals surface area contributed by atoms with Crippen LogP contribution in [0, 0.1) is 5.92 Å². The molecule has 4 amide bonds. The number of anilines is 1. The third kappa shape index (κ3) is 9.03. The summed E-state index contributed by atoms with van der Waals surface area (Å²) in [7, 11) is 0. The van der Waals surface area contributed by atoms with Gasteiger partial charge in [-0.25, -0.2) is 19.4 Å². The van der Waals surface area contributed by atoms with Crippen LogP contribution in [-0.2, 0) is 36.8 Å². The van der Waals surface area contributed by atoms with Crippen molar-refractivity contribution in [3.8, 4) is 0 Å². The number of rotatable bonds is 4. The molecule has 4 heterocycles. The quantitative estimate of drug-likeness (QED) is 0.333. The first-order valence-corrected chi connectivity index (χ1v) is 18.0. The Bertz CT molecular complexity index is 1480. The standard InChI is InChI=1S/C34H50N6O8S/c1-32(2,3)38-29-35-22-14-15-39(19-25(22)49-29)31(46)47-21-16-24-26(41)37-34(28(43)44)17-20(34)12-10-8-7-9-11-13-23(27(42)40(24)18-21)36-30(45)48-33(4,5)6/h10,12,20-21,23-24H,7-9,11,13-19H2,1-6H3,(H,35,38)(H,36,45)(H,37,41)(H,43,44)/b12-10-/t20-,21-,23+,24+,34-/m1/s1. The first-order chi connectivity index (χ1) is 22.9. The minimum absolute atomic E-state index is 0.0159. The van der Waals surface area contributed by atoms with Gasteiger partial charge in [0.15, 0.2) is 5.13 Å². The Hall–Kier alpha value is -3.88. The first kappa shape index (κ1) is 36.4. The highest BCUT2D eigenvalue weighted by atomic mass is 32.1. The molecule has 5 atom stereocenters. The molecule has 3 aliphatic heterocycles. The minimum atomic E-state index is -1.47. The highest BCUT2D eigenvalue weighted by Crippen LogP contribution is 2.45. The number of hydrogen-bond donors (Lipinski definition) is 4. The fourth-order valence-electron chi connectivity index (χ4n) is 6.54. The molecule has 0 spiro atoms. The van der Waals surface area contributed by atoms with Gasteiger partial charge in [0.1, 0.15) is 29.3 Å². The van der Waals surface area contributed by atoms with Crippen molar-refractivity contribution >= 4 is 46.4 Å². The van der Waals surface area contributed by atoms with Crippen molar-refractivity contribution in [1.29, 1.82) is 0 Å². The van der Waals surface area contributed by atoms with Crippen LogP contribution < -0.4 is 16.0 Å². The van der Waals surface area contributed by atoms with Crippen molar-refractivity contribution in [3.05, 3.63) is 22.7 Å². The van der Waals surface area contributed by atoms with E-state index in [9.17, 15) is 29.1 Å². The maximum atomic E-state index is 14.2. The molecule has 1 aromatic heterocycles. The van der Waals surface area contributed by atoms with Crippen LogP contribution >= 0.6 is 11.3 Å². The summed E-state index contributed by atoms with van der Waals surface area (Å²) < 4.78 is 11.4. The van der Waals surface area contributed by atoms with E-state index in [-0.39, 0.29) is 30.8 Å². The van der Waals surface area contributed by atoms with E-state index in [2.05, 4.69) is 36.7 Å². The number of carboxylic acid groups (broad SMARTS) is 1. The second-order valence-electron chi connectivity index (χ2n) is 15.5. The maximum absolute atomic E-state index is 14.2. The molecule has 0 bridgehead atoms. The number of allylic oxidation sites excluding steroid dienone is 1. The van der Waals surface area contributed by atoms with E-state index >= 15 is 0 Å². The molecule has 0 unspecified atom stereocenters. The Morgan fingerprint density at radius 2 is 1.88 bits per heavy atom. The molecule has 4 aliphatic rings. The van der Waals surface area contributed by atoms with Crippen molar-refractivity contribution < 1.29 is 38.6 Å². The first-order valence-electron chi connectivity index (χ1n) is 17.2. The number of thiazole rings is 1. The largest absolute Gasteiger partial charge is 0.479 e. The van der Waals surface area contributed by atoms with Crippen molar-refractivity contribution in [2.75, 3.05) is 18.4 Å². The maximum Gasteiger partial charge on any atom is 0.410 e. The third-order valence-corrected chi connectivity index (χ3v) is 10.0. The van der Waals surface area contributed by atoms with Gasteiger partial charge in [0.25, 0.3) is 0 Å². The Labute approximate surface area is 291 Å². The number of nitrogens with zero attached hydrogens (tertiary/aromatic N) is 3. The molecule has 1 saturated heterocycles. The van der Waals surface area contributed by atoms with Crippen LogP contribution in [0.15, 0.2) is 12.2 Å². The highest BCUT2D eigenvalue weighted by molar-refractivity contribution is 7.15. The zero-order valence-electron chi connectivity index (χ0n) is 29.3. The number of amides is 4. The Kier molecular flexibility index (Phi) is 10.5. The van der Waals surface area contributed by atoms with Crippen LogP contribution in [0.5, 0.6) is 0 Å². The molecule has 5 rings (SSSR count). The average Bonchev–Trinajstić information content (AvgIpc) is 3.30. The van der Waals surface area contributed by atoms with Crippen LogP contribution in [0.25, 0.3) is 0 Å². The van der Waals surface area contributed by atoms with Gasteiger partial charge in [-0.3, -0.25) is 9.59 Å². The van der Waals surface area contributed by atoms with E-state index in [1.165, 1.54) is 16.2 Å². The summed E-state index contributed by atoms with van der Waals surface area (Å²) >= 11 is 1.50. The number of carbonyl (C=O) groups is 5. The highest BCUT2D eigenvalue weighted by Gasteiger charge is 2.61. The summed E-state index contributed by atoms with van der Waals surface area (Å²) in [6.45, 7) is 12.0. The number of aromatic nitrogens is 1. The van der Waals surface area contributed by atoms with E-state index in [1.807, 2.05) is 12.2 Å². The molecular formula is C34H50N6O8S. The summed E-state index contributed by atoms with van der Waals surface area (Å²) in [5.74, 6) is -2.66. The van der Waals surface area contributed by atoms with Crippen molar-refractivity contribution in [3.63, 3.8) is 0 Å². The van der Waals surface area contributed by atoms with E-state index in [4.69, 9.17) is 14.5 Å². The summed E-state index contributed by atoms with van der Waals surface area (Å²) in [5.41, 5.74) is -1.48. The number of fused-ring (bicyclic) bond motifs is 3. The monoisotopic (exact) mass is 702 g/mol. The molecule has 1 saturated carbocycles. The molecule has 14 nitrogen and oxygen atoms in total. The second kappa shape index (κ2) is 14.2.